The Morgan fingerprint density at radius 2 is 2.07 bits per heavy atom. The summed E-state index contributed by atoms with van der Waals surface area (Å²) < 4.78 is 5.53. The number of allylic oxidation sites excluding steroid dienone is 2. The highest BCUT2D eigenvalue weighted by Crippen LogP contribution is 2.47. The Hall–Kier alpha value is -2.05. The first kappa shape index (κ1) is 19.3. The maximum Gasteiger partial charge on any atom is 0.315 e. The van der Waals surface area contributed by atoms with E-state index in [0.717, 1.165) is 23.4 Å². The van der Waals surface area contributed by atoms with Gasteiger partial charge in [-0.3, -0.25) is 14.6 Å². The lowest BCUT2D eigenvalue weighted by Gasteiger charge is -2.36. The van der Waals surface area contributed by atoms with Crippen molar-refractivity contribution in [2.24, 2.45) is 10.9 Å². The van der Waals surface area contributed by atoms with Gasteiger partial charge in [0.1, 0.15) is 5.92 Å². The minimum absolute atomic E-state index is 0.106. The Morgan fingerprint density at radius 1 is 1.25 bits per heavy atom. The first-order chi connectivity index (χ1) is 13.5. The molecule has 3 heterocycles. The lowest BCUT2D eigenvalue weighted by Crippen LogP contribution is -2.38. The second-order valence-electron chi connectivity index (χ2n) is 7.65. The Kier molecular flexibility index (Phi) is 5.34. The molecule has 4 rings (SSSR count). The van der Waals surface area contributed by atoms with Crippen LogP contribution in [0.1, 0.15) is 55.9 Å². The van der Waals surface area contributed by atoms with Crippen molar-refractivity contribution in [1.82, 2.24) is 0 Å². The van der Waals surface area contributed by atoms with E-state index in [9.17, 15) is 9.59 Å². The molecule has 0 amide bonds. The van der Waals surface area contributed by atoms with Gasteiger partial charge in [0, 0.05) is 40.1 Å². The Bertz CT molecular complexity index is 939. The number of ketones is 1. The smallest absolute Gasteiger partial charge is 0.315 e. The maximum atomic E-state index is 13.3. The monoisotopic (exact) mass is 413 g/mol. The Balaban J connectivity index is 1.77. The lowest BCUT2D eigenvalue weighted by atomic mass is 9.70. The SMILES string of the molecule is CC1=NC2=C(C(=O)C[C@@H](c3cccs3)C2)[C@H](c2ccsc2)C1C(=O)OC(C)C. The molecule has 28 heavy (non-hydrogen) atoms. The molecule has 0 N–H and O–H groups in total. The van der Waals surface area contributed by atoms with Gasteiger partial charge in [-0.2, -0.15) is 11.3 Å². The van der Waals surface area contributed by atoms with Crippen LogP contribution in [0, 0.1) is 5.92 Å². The van der Waals surface area contributed by atoms with Crippen molar-refractivity contribution in [3.63, 3.8) is 0 Å². The molecule has 2 aliphatic rings. The molecule has 0 spiro atoms. The van der Waals surface area contributed by atoms with Gasteiger partial charge >= 0.3 is 5.97 Å². The molecule has 1 aliphatic carbocycles. The van der Waals surface area contributed by atoms with Crippen molar-refractivity contribution in [2.45, 2.75) is 51.6 Å². The van der Waals surface area contributed by atoms with E-state index in [1.54, 1.807) is 22.7 Å². The number of carbonyl (C=O) groups excluding carboxylic acids is 2. The predicted octanol–water partition coefficient (Wildman–Crippen LogP) is 5.34. The summed E-state index contributed by atoms with van der Waals surface area (Å²) in [5.74, 6) is -0.869. The molecule has 0 fully saturated rings. The van der Waals surface area contributed by atoms with Crippen molar-refractivity contribution in [3.05, 3.63) is 56.1 Å². The Labute approximate surface area is 173 Å². The number of rotatable bonds is 4. The summed E-state index contributed by atoms with van der Waals surface area (Å²) >= 11 is 3.26. The highest BCUT2D eigenvalue weighted by Gasteiger charge is 2.45. The summed E-state index contributed by atoms with van der Waals surface area (Å²) in [5.41, 5.74) is 3.29. The fourth-order valence-electron chi connectivity index (χ4n) is 4.21. The van der Waals surface area contributed by atoms with Gasteiger partial charge in [0.25, 0.3) is 0 Å². The van der Waals surface area contributed by atoms with Crippen LogP contribution < -0.4 is 0 Å². The lowest BCUT2D eigenvalue weighted by molar-refractivity contribution is -0.150. The fraction of sp³-hybridized carbons (Fsp3) is 0.409. The molecule has 3 atom stereocenters. The van der Waals surface area contributed by atoms with E-state index in [-0.39, 0.29) is 29.7 Å². The average Bonchev–Trinajstić information content (AvgIpc) is 3.33. The highest BCUT2D eigenvalue weighted by molar-refractivity contribution is 7.10. The molecule has 146 valence electrons. The number of hydrogen-bond donors (Lipinski definition) is 0. The number of carbonyl (C=O) groups is 2. The van der Waals surface area contributed by atoms with E-state index in [1.165, 1.54) is 4.88 Å². The molecule has 0 aromatic carbocycles. The second kappa shape index (κ2) is 7.76. The molecular formula is C22H23NO3S2. The first-order valence-electron chi connectivity index (χ1n) is 9.53. The van der Waals surface area contributed by atoms with Crippen molar-refractivity contribution in [3.8, 4) is 0 Å². The third-order valence-electron chi connectivity index (χ3n) is 5.34. The molecule has 2 aromatic heterocycles. The maximum absolute atomic E-state index is 13.3. The van der Waals surface area contributed by atoms with Crippen LogP contribution in [-0.2, 0) is 14.3 Å². The van der Waals surface area contributed by atoms with Crippen LogP contribution in [0.15, 0.2) is 50.6 Å². The van der Waals surface area contributed by atoms with Crippen LogP contribution in [0.4, 0.5) is 0 Å². The minimum Gasteiger partial charge on any atom is -0.462 e. The highest BCUT2D eigenvalue weighted by atomic mass is 32.1. The van der Waals surface area contributed by atoms with Gasteiger partial charge in [-0.1, -0.05) is 6.07 Å². The number of thiophene rings is 2. The first-order valence-corrected chi connectivity index (χ1v) is 11.4. The van der Waals surface area contributed by atoms with Crippen LogP contribution in [0.3, 0.4) is 0 Å². The molecular weight excluding hydrogens is 390 g/mol. The van der Waals surface area contributed by atoms with E-state index in [1.807, 2.05) is 49.0 Å². The standard InChI is InChI=1S/C22H23NO3S2/c1-12(2)26-22(25)19-13(3)23-16-9-15(18-5-4-7-28-18)10-17(24)21(16)20(19)14-6-8-27-11-14/h4-8,11-12,15,19-20H,9-10H2,1-3H3/t15-,19?,20+/m0/s1. The van der Waals surface area contributed by atoms with Crippen LogP contribution >= 0.6 is 22.7 Å². The molecule has 2 aromatic rings. The normalized spacial score (nSPS) is 24.9. The molecule has 0 radical (unpaired) electrons. The van der Waals surface area contributed by atoms with Crippen molar-refractivity contribution >= 4 is 40.1 Å². The number of aliphatic imine (C=N–C) groups is 1. The summed E-state index contributed by atoms with van der Waals surface area (Å²) in [5, 5.41) is 6.07. The van der Waals surface area contributed by atoms with Gasteiger partial charge in [-0.25, -0.2) is 0 Å². The van der Waals surface area contributed by atoms with Gasteiger partial charge in [-0.15, -0.1) is 11.3 Å². The van der Waals surface area contributed by atoms with Gasteiger partial charge in [0.05, 0.1) is 6.10 Å². The predicted molar refractivity (Wildman–Crippen MR) is 113 cm³/mol. The number of ether oxygens (including phenoxy) is 1. The van der Waals surface area contributed by atoms with Crippen molar-refractivity contribution in [1.29, 1.82) is 0 Å². The Morgan fingerprint density at radius 3 is 2.71 bits per heavy atom. The molecule has 4 nitrogen and oxygen atoms in total. The van der Waals surface area contributed by atoms with Gasteiger partial charge < -0.3 is 4.74 Å². The van der Waals surface area contributed by atoms with Gasteiger partial charge in [0.2, 0.25) is 0 Å². The van der Waals surface area contributed by atoms with E-state index < -0.39 is 5.92 Å². The summed E-state index contributed by atoms with van der Waals surface area (Å²) in [7, 11) is 0. The van der Waals surface area contributed by atoms with Crippen LogP contribution in [0.5, 0.6) is 0 Å². The molecule has 0 saturated carbocycles. The third-order valence-corrected chi connectivity index (χ3v) is 7.08. The van der Waals surface area contributed by atoms with Crippen LogP contribution in [0.2, 0.25) is 0 Å². The number of esters is 1. The summed E-state index contributed by atoms with van der Waals surface area (Å²) in [4.78, 5) is 32.2. The van der Waals surface area contributed by atoms with Crippen molar-refractivity contribution < 1.29 is 14.3 Å². The van der Waals surface area contributed by atoms with E-state index >= 15 is 0 Å². The summed E-state index contributed by atoms with van der Waals surface area (Å²) in [6.45, 7) is 5.57. The van der Waals surface area contributed by atoms with Gasteiger partial charge in [0.15, 0.2) is 5.78 Å². The quantitative estimate of drug-likeness (QED) is 0.636. The topological polar surface area (TPSA) is 55.7 Å². The summed E-state index contributed by atoms with van der Waals surface area (Å²) in [6, 6.07) is 6.12. The molecule has 1 unspecified atom stereocenters. The molecule has 0 bridgehead atoms. The van der Waals surface area contributed by atoms with E-state index in [2.05, 4.69) is 6.07 Å². The average molecular weight is 414 g/mol. The molecule has 1 aliphatic heterocycles. The third kappa shape index (κ3) is 3.51. The molecule has 0 saturated heterocycles. The van der Waals surface area contributed by atoms with Gasteiger partial charge in [-0.05, 0) is 61.0 Å². The second-order valence-corrected chi connectivity index (χ2v) is 9.41. The summed E-state index contributed by atoms with van der Waals surface area (Å²) in [6.07, 6.45) is 1.01. The fourth-order valence-corrected chi connectivity index (χ4v) is 5.73. The largest absolute Gasteiger partial charge is 0.462 e. The van der Waals surface area contributed by atoms with Crippen molar-refractivity contribution in [2.75, 3.05) is 0 Å². The van der Waals surface area contributed by atoms with Crippen LogP contribution in [0.25, 0.3) is 0 Å². The zero-order chi connectivity index (χ0) is 19.8. The van der Waals surface area contributed by atoms with E-state index in [4.69, 9.17) is 9.73 Å². The number of Topliss-reactive ketones (excluding diaryl/α,β-unsaturated/α-hetero) is 1. The minimum atomic E-state index is -0.544. The zero-order valence-electron chi connectivity index (χ0n) is 16.2. The number of nitrogens with zero attached hydrogens (tertiary/aromatic N) is 1. The van der Waals surface area contributed by atoms with E-state index in [0.29, 0.717) is 12.0 Å². The zero-order valence-corrected chi connectivity index (χ0v) is 17.8. The van der Waals surface area contributed by atoms with Crippen LogP contribution in [-0.4, -0.2) is 23.6 Å². The molecule has 6 heteroatoms. The number of hydrogen-bond acceptors (Lipinski definition) is 6.